The van der Waals surface area contributed by atoms with Crippen LogP contribution in [0.2, 0.25) is 0 Å². The lowest BCUT2D eigenvalue weighted by molar-refractivity contribution is -0.119. The molecular weight excluding hydrogens is 350 g/mol. The summed E-state index contributed by atoms with van der Waals surface area (Å²) in [5.74, 6) is 0.298. The van der Waals surface area contributed by atoms with E-state index in [9.17, 15) is 14.4 Å². The molecule has 0 bridgehead atoms. The number of imide groups is 1. The average molecular weight is 369 g/mol. The summed E-state index contributed by atoms with van der Waals surface area (Å²) in [5.41, 5.74) is 0.647. The normalized spacial score (nSPS) is 16.1. The van der Waals surface area contributed by atoms with Crippen molar-refractivity contribution in [2.24, 2.45) is 0 Å². The van der Waals surface area contributed by atoms with E-state index >= 15 is 0 Å². The first-order valence-corrected chi connectivity index (χ1v) is 8.30. The van der Waals surface area contributed by atoms with Gasteiger partial charge in [-0.05, 0) is 31.2 Å². The van der Waals surface area contributed by atoms with Crippen LogP contribution in [0.3, 0.4) is 0 Å². The SMILES string of the molecule is COc1cccc(OCC(=O)Nc2ccccc2N2C(=O)NC(C)C2=O)c1. The van der Waals surface area contributed by atoms with Gasteiger partial charge in [-0.15, -0.1) is 0 Å². The Balaban J connectivity index is 1.70. The molecule has 8 heteroatoms. The number of nitrogens with zero attached hydrogens (tertiary/aromatic N) is 1. The van der Waals surface area contributed by atoms with Gasteiger partial charge in [0.2, 0.25) is 0 Å². The fraction of sp³-hybridized carbons (Fsp3) is 0.211. The number of hydrogen-bond acceptors (Lipinski definition) is 5. The van der Waals surface area contributed by atoms with Crippen LogP contribution < -0.4 is 25.0 Å². The lowest BCUT2D eigenvalue weighted by atomic mass is 10.2. The van der Waals surface area contributed by atoms with Gasteiger partial charge in [0.05, 0.1) is 18.5 Å². The van der Waals surface area contributed by atoms with Crippen LogP contribution in [0.5, 0.6) is 11.5 Å². The van der Waals surface area contributed by atoms with Crippen molar-refractivity contribution in [3.05, 3.63) is 48.5 Å². The van der Waals surface area contributed by atoms with Crippen LogP contribution in [0.25, 0.3) is 0 Å². The van der Waals surface area contributed by atoms with Gasteiger partial charge in [0.15, 0.2) is 6.61 Å². The Morgan fingerprint density at radius 3 is 2.59 bits per heavy atom. The quantitative estimate of drug-likeness (QED) is 0.761. The Morgan fingerprint density at radius 1 is 1.15 bits per heavy atom. The fourth-order valence-electron chi connectivity index (χ4n) is 2.63. The van der Waals surface area contributed by atoms with E-state index in [-0.39, 0.29) is 12.5 Å². The van der Waals surface area contributed by atoms with Gasteiger partial charge in [-0.3, -0.25) is 9.59 Å². The number of carbonyl (C=O) groups is 3. The van der Waals surface area contributed by atoms with Crippen molar-refractivity contribution in [1.29, 1.82) is 0 Å². The smallest absolute Gasteiger partial charge is 0.329 e. The van der Waals surface area contributed by atoms with Gasteiger partial charge in [-0.25, -0.2) is 9.69 Å². The first-order valence-electron chi connectivity index (χ1n) is 8.30. The molecule has 2 aromatic carbocycles. The summed E-state index contributed by atoms with van der Waals surface area (Å²) in [5, 5.41) is 5.21. The third-order valence-electron chi connectivity index (χ3n) is 3.96. The molecule has 27 heavy (non-hydrogen) atoms. The zero-order chi connectivity index (χ0) is 19.4. The summed E-state index contributed by atoms with van der Waals surface area (Å²) in [7, 11) is 1.54. The highest BCUT2D eigenvalue weighted by Gasteiger charge is 2.37. The van der Waals surface area contributed by atoms with Gasteiger partial charge < -0.3 is 20.1 Å². The van der Waals surface area contributed by atoms with Crippen LogP contribution in [-0.4, -0.2) is 37.6 Å². The third-order valence-corrected chi connectivity index (χ3v) is 3.96. The van der Waals surface area contributed by atoms with Crippen LogP contribution in [0.15, 0.2) is 48.5 Å². The molecule has 1 unspecified atom stereocenters. The van der Waals surface area contributed by atoms with Crippen LogP contribution in [0.1, 0.15) is 6.92 Å². The van der Waals surface area contributed by atoms with E-state index in [0.717, 1.165) is 4.90 Å². The molecular formula is C19H19N3O5. The Hall–Kier alpha value is -3.55. The largest absolute Gasteiger partial charge is 0.497 e. The summed E-state index contributed by atoms with van der Waals surface area (Å²) in [6.07, 6.45) is 0. The second kappa shape index (κ2) is 7.77. The number of urea groups is 1. The van der Waals surface area contributed by atoms with Gasteiger partial charge in [0.25, 0.3) is 11.8 Å². The average Bonchev–Trinajstić information content (AvgIpc) is 2.92. The molecule has 1 fully saturated rings. The number of benzene rings is 2. The lowest BCUT2D eigenvalue weighted by Crippen LogP contribution is -2.32. The molecule has 4 amide bonds. The molecule has 2 N–H and O–H groups in total. The van der Waals surface area contributed by atoms with Gasteiger partial charge in [-0.1, -0.05) is 18.2 Å². The van der Waals surface area contributed by atoms with E-state index in [2.05, 4.69) is 10.6 Å². The predicted molar refractivity (Wildman–Crippen MR) is 99.0 cm³/mol. The van der Waals surface area contributed by atoms with E-state index < -0.39 is 18.0 Å². The molecule has 0 aromatic heterocycles. The summed E-state index contributed by atoms with van der Waals surface area (Å²) in [6, 6.07) is 12.3. The second-order valence-electron chi connectivity index (χ2n) is 5.88. The van der Waals surface area contributed by atoms with E-state index in [1.165, 1.54) is 0 Å². The molecule has 0 radical (unpaired) electrons. The van der Waals surface area contributed by atoms with Crippen molar-refractivity contribution >= 4 is 29.2 Å². The van der Waals surface area contributed by atoms with Crippen LogP contribution in [-0.2, 0) is 9.59 Å². The maximum absolute atomic E-state index is 12.3. The maximum Gasteiger partial charge on any atom is 0.329 e. The number of methoxy groups -OCH3 is 1. The Morgan fingerprint density at radius 2 is 1.89 bits per heavy atom. The van der Waals surface area contributed by atoms with Crippen molar-refractivity contribution in [3.8, 4) is 11.5 Å². The van der Waals surface area contributed by atoms with E-state index in [1.807, 2.05) is 0 Å². The van der Waals surface area contributed by atoms with Crippen molar-refractivity contribution in [2.75, 3.05) is 23.9 Å². The molecule has 2 aromatic rings. The number of para-hydroxylation sites is 2. The minimum atomic E-state index is -0.613. The zero-order valence-electron chi connectivity index (χ0n) is 14.9. The lowest BCUT2D eigenvalue weighted by Gasteiger charge is -2.17. The maximum atomic E-state index is 12.3. The molecule has 1 aliphatic heterocycles. The standard InChI is InChI=1S/C19H19N3O5/c1-12-18(24)22(19(25)20-12)16-9-4-3-8-15(16)21-17(23)11-27-14-7-5-6-13(10-14)26-2/h3-10,12H,11H2,1-2H3,(H,20,25)(H,21,23). The molecule has 8 nitrogen and oxygen atoms in total. The molecule has 0 aliphatic carbocycles. The fourth-order valence-corrected chi connectivity index (χ4v) is 2.63. The molecule has 1 heterocycles. The van der Waals surface area contributed by atoms with E-state index in [0.29, 0.717) is 22.9 Å². The number of amides is 4. The van der Waals surface area contributed by atoms with Crippen molar-refractivity contribution in [2.45, 2.75) is 13.0 Å². The first-order chi connectivity index (χ1) is 13.0. The third kappa shape index (κ3) is 4.00. The van der Waals surface area contributed by atoms with Crippen molar-refractivity contribution < 1.29 is 23.9 Å². The first kappa shape index (κ1) is 18.2. The molecule has 1 atom stereocenters. The Bertz CT molecular complexity index is 883. The summed E-state index contributed by atoms with van der Waals surface area (Å²) < 4.78 is 10.6. The minimum Gasteiger partial charge on any atom is -0.497 e. The summed E-state index contributed by atoms with van der Waals surface area (Å²) in [6.45, 7) is 1.36. The number of nitrogens with one attached hydrogen (secondary N) is 2. The van der Waals surface area contributed by atoms with Gasteiger partial charge in [0, 0.05) is 6.07 Å². The molecule has 0 saturated carbocycles. The van der Waals surface area contributed by atoms with E-state index in [1.54, 1.807) is 62.6 Å². The molecule has 3 rings (SSSR count). The predicted octanol–water partition coefficient (Wildman–Crippen LogP) is 2.16. The minimum absolute atomic E-state index is 0.238. The van der Waals surface area contributed by atoms with Crippen LogP contribution in [0, 0.1) is 0 Å². The summed E-state index contributed by atoms with van der Waals surface area (Å²) in [4.78, 5) is 37.5. The molecule has 0 spiro atoms. The number of carbonyl (C=O) groups excluding carboxylic acids is 3. The van der Waals surface area contributed by atoms with Gasteiger partial charge in [-0.2, -0.15) is 0 Å². The number of rotatable bonds is 6. The zero-order valence-corrected chi connectivity index (χ0v) is 14.9. The van der Waals surface area contributed by atoms with Gasteiger partial charge >= 0.3 is 6.03 Å². The summed E-state index contributed by atoms with van der Waals surface area (Å²) >= 11 is 0. The number of hydrogen-bond donors (Lipinski definition) is 2. The van der Waals surface area contributed by atoms with Crippen molar-refractivity contribution in [3.63, 3.8) is 0 Å². The molecule has 140 valence electrons. The van der Waals surface area contributed by atoms with E-state index in [4.69, 9.17) is 9.47 Å². The number of ether oxygens (including phenoxy) is 2. The Kier molecular flexibility index (Phi) is 5.25. The Labute approximate surface area is 156 Å². The molecule has 1 saturated heterocycles. The highest BCUT2D eigenvalue weighted by atomic mass is 16.5. The second-order valence-corrected chi connectivity index (χ2v) is 5.88. The topological polar surface area (TPSA) is 97.0 Å². The van der Waals surface area contributed by atoms with Crippen LogP contribution in [0.4, 0.5) is 16.2 Å². The van der Waals surface area contributed by atoms with Gasteiger partial charge in [0.1, 0.15) is 17.5 Å². The van der Waals surface area contributed by atoms with Crippen molar-refractivity contribution in [1.82, 2.24) is 5.32 Å². The monoisotopic (exact) mass is 369 g/mol. The molecule has 1 aliphatic rings. The van der Waals surface area contributed by atoms with Crippen LogP contribution >= 0.6 is 0 Å². The highest BCUT2D eigenvalue weighted by molar-refractivity contribution is 6.23. The highest BCUT2D eigenvalue weighted by Crippen LogP contribution is 2.28. The number of anilines is 2.